The monoisotopic (exact) mass is 206 g/mol. The van der Waals surface area contributed by atoms with Crippen LogP contribution in [0.15, 0.2) is 18.2 Å². The van der Waals surface area contributed by atoms with E-state index < -0.39 is 5.97 Å². The second kappa shape index (κ2) is 4.96. The number of rotatable bonds is 4. The highest BCUT2D eigenvalue weighted by atomic mass is 16.4. The molecule has 1 atom stereocenters. The van der Waals surface area contributed by atoms with Crippen LogP contribution in [0.3, 0.4) is 0 Å². The van der Waals surface area contributed by atoms with Crippen LogP contribution in [0.25, 0.3) is 0 Å². The molecule has 0 amide bonds. The predicted octanol–water partition coefficient (Wildman–Crippen LogP) is 3.27. The zero-order valence-corrected chi connectivity index (χ0v) is 9.58. The van der Waals surface area contributed by atoms with Crippen LogP contribution in [-0.2, 0) is 4.79 Å². The van der Waals surface area contributed by atoms with Crippen LogP contribution in [0.4, 0.5) is 0 Å². The van der Waals surface area contributed by atoms with Crippen molar-refractivity contribution in [1.82, 2.24) is 0 Å². The van der Waals surface area contributed by atoms with Gasteiger partial charge in [-0.05, 0) is 37.3 Å². The van der Waals surface area contributed by atoms with Crippen molar-refractivity contribution in [2.24, 2.45) is 0 Å². The van der Waals surface area contributed by atoms with E-state index in [9.17, 15) is 4.79 Å². The van der Waals surface area contributed by atoms with Crippen molar-refractivity contribution >= 4 is 5.97 Å². The first-order valence-corrected chi connectivity index (χ1v) is 5.33. The summed E-state index contributed by atoms with van der Waals surface area (Å²) in [6.45, 7) is 6.12. The van der Waals surface area contributed by atoms with Crippen LogP contribution in [-0.4, -0.2) is 11.1 Å². The number of carboxylic acid groups (broad SMARTS) is 1. The summed E-state index contributed by atoms with van der Waals surface area (Å²) < 4.78 is 0. The van der Waals surface area contributed by atoms with Crippen LogP contribution in [0.5, 0.6) is 0 Å². The molecule has 0 aliphatic rings. The molecule has 1 N–H and O–H groups in total. The summed E-state index contributed by atoms with van der Waals surface area (Å²) in [5.41, 5.74) is 3.56. The van der Waals surface area contributed by atoms with Crippen molar-refractivity contribution in [2.75, 3.05) is 0 Å². The zero-order chi connectivity index (χ0) is 11.4. The van der Waals surface area contributed by atoms with E-state index >= 15 is 0 Å². The van der Waals surface area contributed by atoms with Gasteiger partial charge in [-0.15, -0.1) is 0 Å². The Bertz CT molecular complexity index is 356. The van der Waals surface area contributed by atoms with Gasteiger partial charge in [0.1, 0.15) is 0 Å². The maximum absolute atomic E-state index is 10.7. The quantitative estimate of drug-likeness (QED) is 0.820. The highest BCUT2D eigenvalue weighted by molar-refractivity contribution is 5.68. The van der Waals surface area contributed by atoms with Gasteiger partial charge in [0.2, 0.25) is 0 Å². The fraction of sp³-hybridized carbons (Fsp3) is 0.462. The number of hydrogen-bond donors (Lipinski definition) is 1. The second-order valence-electron chi connectivity index (χ2n) is 4.06. The number of hydrogen-bond acceptors (Lipinski definition) is 1. The molecule has 15 heavy (non-hydrogen) atoms. The van der Waals surface area contributed by atoms with E-state index in [-0.39, 0.29) is 12.3 Å². The average molecular weight is 206 g/mol. The first kappa shape index (κ1) is 11.8. The van der Waals surface area contributed by atoms with Gasteiger partial charge < -0.3 is 5.11 Å². The van der Waals surface area contributed by atoms with Crippen LogP contribution in [0.1, 0.15) is 42.4 Å². The fourth-order valence-corrected chi connectivity index (χ4v) is 1.88. The lowest BCUT2D eigenvalue weighted by Gasteiger charge is -2.16. The molecule has 0 aromatic heterocycles. The number of carboxylic acids is 1. The molecule has 0 radical (unpaired) electrons. The van der Waals surface area contributed by atoms with Gasteiger partial charge in [0.25, 0.3) is 0 Å². The highest BCUT2D eigenvalue weighted by Crippen LogP contribution is 2.27. The molecule has 0 fully saturated rings. The van der Waals surface area contributed by atoms with Gasteiger partial charge in [0, 0.05) is 0 Å². The Morgan fingerprint density at radius 1 is 1.40 bits per heavy atom. The number of aryl methyl sites for hydroxylation is 2. The van der Waals surface area contributed by atoms with E-state index in [4.69, 9.17) is 5.11 Å². The van der Waals surface area contributed by atoms with Crippen molar-refractivity contribution in [3.05, 3.63) is 34.9 Å². The Hall–Kier alpha value is -1.31. The lowest BCUT2D eigenvalue weighted by molar-refractivity contribution is -0.137. The second-order valence-corrected chi connectivity index (χ2v) is 4.06. The summed E-state index contributed by atoms with van der Waals surface area (Å²) in [5.74, 6) is -0.579. The van der Waals surface area contributed by atoms with Crippen LogP contribution < -0.4 is 0 Å². The molecule has 1 aromatic carbocycles. The first-order valence-electron chi connectivity index (χ1n) is 5.33. The van der Waals surface area contributed by atoms with Crippen LogP contribution in [0.2, 0.25) is 0 Å². The van der Waals surface area contributed by atoms with Gasteiger partial charge in [0.15, 0.2) is 0 Å². The van der Waals surface area contributed by atoms with E-state index in [0.717, 1.165) is 6.42 Å². The Labute approximate surface area is 90.9 Å². The van der Waals surface area contributed by atoms with E-state index in [2.05, 4.69) is 18.2 Å². The molecule has 0 aliphatic heterocycles. The molecule has 82 valence electrons. The third-order valence-electron chi connectivity index (χ3n) is 2.79. The SMILES string of the molecule is CCC(CC(=O)O)c1cc(C)ccc1C. The Morgan fingerprint density at radius 3 is 2.60 bits per heavy atom. The molecule has 1 rings (SSSR count). The molecule has 1 aromatic rings. The van der Waals surface area contributed by atoms with E-state index in [1.807, 2.05) is 20.8 Å². The summed E-state index contributed by atoms with van der Waals surface area (Å²) in [6, 6.07) is 6.23. The molecule has 0 saturated carbocycles. The molecular weight excluding hydrogens is 188 g/mol. The third kappa shape index (κ3) is 3.08. The maximum atomic E-state index is 10.7. The van der Waals surface area contributed by atoms with Gasteiger partial charge in [-0.2, -0.15) is 0 Å². The summed E-state index contributed by atoms with van der Waals surface area (Å²) in [7, 11) is 0. The molecule has 0 saturated heterocycles. The standard InChI is InChI=1S/C13H18O2/c1-4-11(8-13(14)15)12-7-9(2)5-6-10(12)3/h5-7,11H,4,8H2,1-3H3,(H,14,15). The summed E-state index contributed by atoms with van der Waals surface area (Å²) >= 11 is 0. The molecule has 0 aliphatic carbocycles. The minimum absolute atomic E-state index is 0.141. The Kier molecular flexibility index (Phi) is 3.89. The maximum Gasteiger partial charge on any atom is 0.303 e. The summed E-state index contributed by atoms with van der Waals surface area (Å²) in [6.07, 6.45) is 1.09. The fourth-order valence-electron chi connectivity index (χ4n) is 1.88. The average Bonchev–Trinajstić information content (AvgIpc) is 2.18. The van der Waals surface area contributed by atoms with Gasteiger partial charge in [-0.25, -0.2) is 0 Å². The van der Waals surface area contributed by atoms with E-state index in [1.165, 1.54) is 16.7 Å². The van der Waals surface area contributed by atoms with Crippen molar-refractivity contribution in [2.45, 2.75) is 39.5 Å². The molecule has 1 unspecified atom stereocenters. The van der Waals surface area contributed by atoms with Gasteiger partial charge in [0.05, 0.1) is 6.42 Å². The molecule has 2 heteroatoms. The Balaban J connectivity index is 3.00. The van der Waals surface area contributed by atoms with Crippen LogP contribution in [0, 0.1) is 13.8 Å². The molecule has 0 spiro atoms. The van der Waals surface area contributed by atoms with E-state index in [0.29, 0.717) is 0 Å². The highest BCUT2D eigenvalue weighted by Gasteiger charge is 2.15. The molecular formula is C13H18O2. The van der Waals surface area contributed by atoms with Gasteiger partial charge in [-0.3, -0.25) is 4.79 Å². The van der Waals surface area contributed by atoms with Gasteiger partial charge >= 0.3 is 5.97 Å². The topological polar surface area (TPSA) is 37.3 Å². The van der Waals surface area contributed by atoms with Crippen molar-refractivity contribution in [3.8, 4) is 0 Å². The molecule has 0 bridgehead atoms. The van der Waals surface area contributed by atoms with Crippen molar-refractivity contribution < 1.29 is 9.90 Å². The van der Waals surface area contributed by atoms with Gasteiger partial charge in [-0.1, -0.05) is 30.7 Å². The number of benzene rings is 1. The summed E-state index contributed by atoms with van der Waals surface area (Å²) in [4.78, 5) is 10.7. The minimum Gasteiger partial charge on any atom is -0.481 e. The molecule has 0 heterocycles. The van der Waals surface area contributed by atoms with E-state index in [1.54, 1.807) is 0 Å². The first-order chi connectivity index (χ1) is 7.04. The predicted molar refractivity (Wildman–Crippen MR) is 61.2 cm³/mol. The zero-order valence-electron chi connectivity index (χ0n) is 9.58. The third-order valence-corrected chi connectivity index (χ3v) is 2.79. The summed E-state index contributed by atoms with van der Waals surface area (Å²) in [5, 5.41) is 8.84. The lowest BCUT2D eigenvalue weighted by Crippen LogP contribution is -2.07. The molecule has 2 nitrogen and oxygen atoms in total. The van der Waals surface area contributed by atoms with Crippen molar-refractivity contribution in [3.63, 3.8) is 0 Å². The smallest absolute Gasteiger partial charge is 0.303 e. The largest absolute Gasteiger partial charge is 0.481 e. The van der Waals surface area contributed by atoms with Crippen LogP contribution >= 0.6 is 0 Å². The normalized spacial score (nSPS) is 12.5. The Morgan fingerprint density at radius 2 is 2.07 bits per heavy atom. The number of aliphatic carboxylic acids is 1. The van der Waals surface area contributed by atoms with Crippen molar-refractivity contribution in [1.29, 1.82) is 0 Å². The lowest BCUT2D eigenvalue weighted by atomic mass is 9.89. The number of carbonyl (C=O) groups is 1. The minimum atomic E-state index is -0.720.